The van der Waals surface area contributed by atoms with Crippen LogP contribution in [0.15, 0.2) is 30.5 Å². The molecule has 2 unspecified atom stereocenters. The van der Waals surface area contributed by atoms with Gasteiger partial charge in [-0.1, -0.05) is 57.4 Å². The predicted molar refractivity (Wildman–Crippen MR) is 125 cm³/mol. The molecule has 0 saturated heterocycles. The molecule has 0 fully saturated rings. The van der Waals surface area contributed by atoms with Crippen molar-refractivity contribution in [1.82, 2.24) is 25.6 Å². The molecule has 1 aromatic heterocycles. The molecular formula is C24H36N6O2. The maximum atomic E-state index is 13.5. The van der Waals surface area contributed by atoms with Crippen LogP contribution in [0.3, 0.4) is 0 Å². The van der Waals surface area contributed by atoms with Crippen molar-refractivity contribution in [2.45, 2.75) is 70.9 Å². The van der Waals surface area contributed by atoms with Crippen molar-refractivity contribution in [2.24, 2.45) is 5.92 Å². The Balaban J connectivity index is 1.65. The van der Waals surface area contributed by atoms with Crippen LogP contribution in [-0.4, -0.2) is 45.9 Å². The van der Waals surface area contributed by atoms with E-state index in [9.17, 15) is 9.59 Å². The molecule has 2 amide bonds. The molecule has 174 valence electrons. The van der Waals surface area contributed by atoms with Gasteiger partial charge in [0.05, 0.1) is 12.7 Å². The van der Waals surface area contributed by atoms with Crippen LogP contribution < -0.4 is 16.0 Å². The number of benzene rings is 1. The molecule has 3 N–H and O–H groups in total. The summed E-state index contributed by atoms with van der Waals surface area (Å²) in [6.45, 7) is 6.17. The van der Waals surface area contributed by atoms with Crippen molar-refractivity contribution >= 4 is 18.1 Å². The standard InChI is InChI=1S/C24H36N6O2/c1-3-5-8-19(4-2)16-27-24(12-11-20-9-6-7-10-21(20)15-24)23(32)25-13-14-30-28-17-22(29-30)26-18-31/h6-7,9-10,17-19,27H,3-5,8,11-16H2,1-2H3,(H,25,32)(H,26,29,31). The van der Waals surface area contributed by atoms with E-state index < -0.39 is 5.54 Å². The Bertz CT molecular complexity index is 883. The van der Waals surface area contributed by atoms with Crippen LogP contribution in [0.5, 0.6) is 0 Å². The SMILES string of the molecule is CCCCC(CC)CNC1(C(=O)NCCn2ncc(NC=O)n2)CCc2ccccc2C1. The van der Waals surface area contributed by atoms with Crippen molar-refractivity contribution in [3.63, 3.8) is 0 Å². The lowest BCUT2D eigenvalue weighted by Gasteiger charge is -2.39. The number of nitrogens with one attached hydrogen (secondary N) is 3. The summed E-state index contributed by atoms with van der Waals surface area (Å²) in [5.41, 5.74) is 1.99. The summed E-state index contributed by atoms with van der Waals surface area (Å²) in [7, 11) is 0. The number of hydrogen-bond acceptors (Lipinski definition) is 5. The second-order valence-corrected chi connectivity index (χ2v) is 8.67. The maximum Gasteiger partial charge on any atom is 0.240 e. The van der Waals surface area contributed by atoms with Gasteiger partial charge >= 0.3 is 0 Å². The van der Waals surface area contributed by atoms with Crippen LogP contribution in [0.4, 0.5) is 5.82 Å². The van der Waals surface area contributed by atoms with Crippen LogP contribution in [0.2, 0.25) is 0 Å². The molecule has 0 spiro atoms. The Hall–Kier alpha value is -2.74. The van der Waals surface area contributed by atoms with E-state index in [4.69, 9.17) is 0 Å². The fourth-order valence-corrected chi connectivity index (χ4v) is 4.41. The monoisotopic (exact) mass is 440 g/mol. The Morgan fingerprint density at radius 1 is 1.28 bits per heavy atom. The lowest BCUT2D eigenvalue weighted by Crippen LogP contribution is -2.61. The number of amides is 2. The molecule has 8 nitrogen and oxygen atoms in total. The highest BCUT2D eigenvalue weighted by molar-refractivity contribution is 5.87. The topological polar surface area (TPSA) is 101 Å². The number of carbonyl (C=O) groups excluding carboxylic acids is 2. The fraction of sp³-hybridized carbons (Fsp3) is 0.583. The van der Waals surface area contributed by atoms with Crippen molar-refractivity contribution < 1.29 is 9.59 Å². The number of carbonyl (C=O) groups is 2. The molecule has 1 heterocycles. The third-order valence-electron chi connectivity index (χ3n) is 6.48. The third-order valence-corrected chi connectivity index (χ3v) is 6.48. The second-order valence-electron chi connectivity index (χ2n) is 8.67. The molecule has 3 rings (SSSR count). The van der Waals surface area contributed by atoms with E-state index in [1.807, 2.05) is 0 Å². The van der Waals surface area contributed by atoms with Gasteiger partial charge in [-0.15, -0.1) is 5.10 Å². The highest BCUT2D eigenvalue weighted by atomic mass is 16.2. The number of aromatic nitrogens is 3. The van der Waals surface area contributed by atoms with Crippen LogP contribution in [-0.2, 0) is 29.0 Å². The number of anilines is 1. The minimum Gasteiger partial charge on any atom is -0.353 e. The fourth-order valence-electron chi connectivity index (χ4n) is 4.41. The molecule has 2 aromatic rings. The Labute approximate surface area is 190 Å². The number of fused-ring (bicyclic) bond motifs is 1. The summed E-state index contributed by atoms with van der Waals surface area (Å²) >= 11 is 0. The molecule has 1 aliphatic rings. The van der Waals surface area contributed by atoms with E-state index in [0.717, 1.165) is 25.8 Å². The summed E-state index contributed by atoms with van der Waals surface area (Å²) in [5.74, 6) is 1.01. The average Bonchev–Trinajstić information content (AvgIpc) is 3.26. The highest BCUT2D eigenvalue weighted by Crippen LogP contribution is 2.30. The van der Waals surface area contributed by atoms with E-state index in [2.05, 4.69) is 64.3 Å². The summed E-state index contributed by atoms with van der Waals surface area (Å²) in [4.78, 5) is 25.5. The normalized spacial score (nSPS) is 18.6. The van der Waals surface area contributed by atoms with E-state index in [0.29, 0.717) is 37.7 Å². The van der Waals surface area contributed by atoms with Crippen LogP contribution >= 0.6 is 0 Å². The van der Waals surface area contributed by atoms with Gasteiger partial charge in [0.2, 0.25) is 12.3 Å². The van der Waals surface area contributed by atoms with E-state index in [-0.39, 0.29) is 5.91 Å². The van der Waals surface area contributed by atoms with Crippen LogP contribution in [0.25, 0.3) is 0 Å². The first kappa shape index (κ1) is 23.9. The van der Waals surface area contributed by atoms with Gasteiger partial charge in [-0.05, 0) is 49.3 Å². The van der Waals surface area contributed by atoms with Crippen molar-refractivity contribution in [1.29, 1.82) is 0 Å². The molecule has 2 atom stereocenters. The minimum atomic E-state index is -0.601. The van der Waals surface area contributed by atoms with E-state index >= 15 is 0 Å². The van der Waals surface area contributed by atoms with Gasteiger partial charge in [0, 0.05) is 6.54 Å². The third kappa shape index (κ3) is 6.16. The molecule has 0 radical (unpaired) electrons. The smallest absolute Gasteiger partial charge is 0.240 e. The van der Waals surface area contributed by atoms with Gasteiger partial charge < -0.3 is 16.0 Å². The van der Waals surface area contributed by atoms with Gasteiger partial charge in [-0.3, -0.25) is 9.59 Å². The summed E-state index contributed by atoms with van der Waals surface area (Å²) in [6.07, 6.45) is 9.15. The molecule has 1 aliphatic carbocycles. The number of nitrogens with zero attached hydrogens (tertiary/aromatic N) is 3. The molecule has 0 aliphatic heterocycles. The average molecular weight is 441 g/mol. The summed E-state index contributed by atoms with van der Waals surface area (Å²) < 4.78 is 0. The first-order valence-corrected chi connectivity index (χ1v) is 11.8. The first-order chi connectivity index (χ1) is 15.6. The van der Waals surface area contributed by atoms with Crippen LogP contribution in [0.1, 0.15) is 57.1 Å². The van der Waals surface area contributed by atoms with Gasteiger partial charge in [-0.2, -0.15) is 9.90 Å². The Morgan fingerprint density at radius 3 is 2.84 bits per heavy atom. The maximum absolute atomic E-state index is 13.5. The van der Waals surface area contributed by atoms with Crippen molar-refractivity contribution in [3.05, 3.63) is 41.6 Å². The zero-order valence-corrected chi connectivity index (χ0v) is 19.3. The molecule has 0 saturated carbocycles. The number of unbranched alkanes of at least 4 members (excludes halogenated alkanes) is 1. The second kappa shape index (κ2) is 11.8. The number of rotatable bonds is 13. The molecule has 32 heavy (non-hydrogen) atoms. The lowest BCUT2D eigenvalue weighted by molar-refractivity contribution is -0.128. The number of hydrogen-bond donors (Lipinski definition) is 3. The summed E-state index contributed by atoms with van der Waals surface area (Å²) in [6, 6.07) is 8.43. The predicted octanol–water partition coefficient (Wildman–Crippen LogP) is 2.70. The largest absolute Gasteiger partial charge is 0.353 e. The van der Waals surface area contributed by atoms with Gasteiger partial charge in [0.1, 0.15) is 5.54 Å². The lowest BCUT2D eigenvalue weighted by atomic mass is 9.76. The van der Waals surface area contributed by atoms with Gasteiger partial charge in [-0.25, -0.2) is 0 Å². The zero-order valence-electron chi connectivity index (χ0n) is 19.3. The Kier molecular flexibility index (Phi) is 8.79. The van der Waals surface area contributed by atoms with Crippen LogP contribution in [0, 0.1) is 5.92 Å². The zero-order chi connectivity index (χ0) is 22.8. The van der Waals surface area contributed by atoms with Gasteiger partial charge in [0.15, 0.2) is 5.82 Å². The molecule has 1 aromatic carbocycles. The first-order valence-electron chi connectivity index (χ1n) is 11.8. The molecular weight excluding hydrogens is 404 g/mol. The van der Waals surface area contributed by atoms with E-state index in [1.165, 1.54) is 41.4 Å². The summed E-state index contributed by atoms with van der Waals surface area (Å²) in [5, 5.41) is 17.5. The minimum absolute atomic E-state index is 0.0377. The van der Waals surface area contributed by atoms with Crippen molar-refractivity contribution in [3.8, 4) is 0 Å². The van der Waals surface area contributed by atoms with Gasteiger partial charge in [0.25, 0.3) is 0 Å². The quantitative estimate of drug-likeness (QED) is 0.416. The highest BCUT2D eigenvalue weighted by Gasteiger charge is 2.41. The Morgan fingerprint density at radius 2 is 2.09 bits per heavy atom. The molecule has 8 heteroatoms. The van der Waals surface area contributed by atoms with E-state index in [1.54, 1.807) is 0 Å². The van der Waals surface area contributed by atoms with Crippen molar-refractivity contribution in [2.75, 3.05) is 18.4 Å². The number of aryl methyl sites for hydroxylation is 1. The molecule has 0 bridgehead atoms.